The van der Waals surface area contributed by atoms with Crippen molar-refractivity contribution in [2.75, 3.05) is 14.2 Å². The molecule has 4 heteroatoms. The Morgan fingerprint density at radius 3 is 2.50 bits per heavy atom. The van der Waals surface area contributed by atoms with Crippen LogP contribution < -0.4 is 10.1 Å². The third-order valence-electron chi connectivity index (χ3n) is 3.29. The van der Waals surface area contributed by atoms with Crippen LogP contribution in [0.1, 0.15) is 17.2 Å². The first-order valence-electron chi connectivity index (χ1n) is 6.39. The summed E-state index contributed by atoms with van der Waals surface area (Å²) < 4.78 is 7.78. The summed E-state index contributed by atoms with van der Waals surface area (Å²) in [6.45, 7) is 0. The Balaban J connectivity index is 2.26. The van der Waals surface area contributed by atoms with E-state index in [1.54, 1.807) is 7.11 Å². The smallest absolute Gasteiger partial charge is 0.122 e. The second kappa shape index (κ2) is 7.43. The van der Waals surface area contributed by atoms with Gasteiger partial charge in [-0.3, -0.25) is 0 Å². The van der Waals surface area contributed by atoms with E-state index in [-0.39, 0.29) is 6.04 Å². The Morgan fingerprint density at radius 2 is 1.90 bits per heavy atom. The first kappa shape index (κ1) is 15.8. The minimum absolute atomic E-state index is 0.273. The quantitative estimate of drug-likeness (QED) is 0.681. The largest absolute Gasteiger partial charge is 0.496 e. The summed E-state index contributed by atoms with van der Waals surface area (Å²) in [5.41, 5.74) is 2.48. The van der Waals surface area contributed by atoms with Crippen LogP contribution >= 0.6 is 38.5 Å². The lowest BCUT2D eigenvalue weighted by Gasteiger charge is -2.18. The van der Waals surface area contributed by atoms with E-state index >= 15 is 0 Å². The van der Waals surface area contributed by atoms with Gasteiger partial charge in [-0.25, -0.2) is 0 Å². The molecule has 1 unspecified atom stereocenters. The first-order chi connectivity index (χ1) is 9.63. The highest BCUT2D eigenvalue weighted by atomic mass is 127. The Morgan fingerprint density at radius 1 is 1.20 bits per heavy atom. The molecular weight excluding hydrogens is 429 g/mol. The molecule has 0 aliphatic heterocycles. The Hall–Kier alpha value is -0.590. The van der Waals surface area contributed by atoms with E-state index < -0.39 is 0 Å². The molecule has 20 heavy (non-hydrogen) atoms. The van der Waals surface area contributed by atoms with Crippen LogP contribution in [0.4, 0.5) is 0 Å². The fourth-order valence-corrected chi connectivity index (χ4v) is 2.98. The SMILES string of the molecule is CNC(Cc1cc(Br)ccc1OC)c1ccc(I)cc1. The van der Waals surface area contributed by atoms with Crippen molar-refractivity contribution in [2.45, 2.75) is 12.5 Å². The maximum absolute atomic E-state index is 5.45. The van der Waals surface area contributed by atoms with E-state index in [1.807, 2.05) is 19.2 Å². The molecule has 0 heterocycles. The van der Waals surface area contributed by atoms with Crippen molar-refractivity contribution in [3.05, 3.63) is 61.6 Å². The highest BCUT2D eigenvalue weighted by Gasteiger charge is 2.13. The monoisotopic (exact) mass is 445 g/mol. The molecule has 2 aromatic carbocycles. The standard InChI is InChI=1S/C16H17BrINO/c1-19-15(11-3-6-14(18)7-4-11)10-12-9-13(17)5-8-16(12)20-2/h3-9,15,19H,10H2,1-2H3. The number of hydrogen-bond donors (Lipinski definition) is 1. The second-order valence-corrected chi connectivity index (χ2v) is 6.71. The molecule has 0 aromatic heterocycles. The molecule has 2 aromatic rings. The van der Waals surface area contributed by atoms with Gasteiger partial charge in [0.15, 0.2) is 0 Å². The van der Waals surface area contributed by atoms with Crippen LogP contribution in [0, 0.1) is 3.57 Å². The van der Waals surface area contributed by atoms with E-state index in [0.717, 1.165) is 16.6 Å². The molecule has 0 amide bonds. The minimum atomic E-state index is 0.273. The first-order valence-corrected chi connectivity index (χ1v) is 8.26. The maximum atomic E-state index is 5.45. The van der Waals surface area contributed by atoms with Crippen LogP contribution in [0.3, 0.4) is 0 Å². The Kier molecular flexibility index (Phi) is 5.86. The van der Waals surface area contributed by atoms with Gasteiger partial charge >= 0.3 is 0 Å². The maximum Gasteiger partial charge on any atom is 0.122 e. The van der Waals surface area contributed by atoms with Gasteiger partial charge in [-0.15, -0.1) is 0 Å². The van der Waals surface area contributed by atoms with Crippen molar-refractivity contribution in [2.24, 2.45) is 0 Å². The van der Waals surface area contributed by atoms with Crippen molar-refractivity contribution >= 4 is 38.5 Å². The average Bonchev–Trinajstić information content (AvgIpc) is 2.46. The Labute approximate surface area is 142 Å². The van der Waals surface area contributed by atoms with E-state index in [1.165, 1.54) is 14.7 Å². The summed E-state index contributed by atoms with van der Waals surface area (Å²) in [5.74, 6) is 0.930. The molecule has 1 atom stereocenters. The predicted molar refractivity (Wildman–Crippen MR) is 95.4 cm³/mol. The average molecular weight is 446 g/mol. The normalized spacial score (nSPS) is 12.2. The van der Waals surface area contributed by atoms with Crippen LogP contribution in [-0.2, 0) is 6.42 Å². The van der Waals surface area contributed by atoms with E-state index in [9.17, 15) is 0 Å². The zero-order valence-electron chi connectivity index (χ0n) is 11.5. The summed E-state index contributed by atoms with van der Waals surface area (Å²) in [4.78, 5) is 0. The Bertz CT molecular complexity index is 571. The molecule has 0 spiro atoms. The van der Waals surface area contributed by atoms with Gasteiger partial charge in [-0.05, 0) is 77.5 Å². The van der Waals surface area contributed by atoms with Gasteiger partial charge in [0.05, 0.1) is 7.11 Å². The minimum Gasteiger partial charge on any atom is -0.496 e. The molecule has 0 saturated heterocycles. The van der Waals surface area contributed by atoms with Crippen molar-refractivity contribution in [1.29, 1.82) is 0 Å². The molecule has 0 fully saturated rings. The summed E-state index contributed by atoms with van der Waals surface area (Å²) in [7, 11) is 3.71. The zero-order valence-corrected chi connectivity index (χ0v) is 15.2. The van der Waals surface area contributed by atoms with Crippen LogP contribution in [0.15, 0.2) is 46.9 Å². The summed E-state index contributed by atoms with van der Waals surface area (Å²) in [5, 5.41) is 3.38. The van der Waals surface area contributed by atoms with E-state index in [4.69, 9.17) is 4.74 Å². The number of methoxy groups -OCH3 is 1. The second-order valence-electron chi connectivity index (χ2n) is 4.55. The molecule has 2 rings (SSSR count). The molecular formula is C16H17BrINO. The summed E-state index contributed by atoms with van der Waals surface area (Å²) in [6, 6.07) is 15.0. The van der Waals surface area contributed by atoms with Gasteiger partial charge in [0.2, 0.25) is 0 Å². The lowest BCUT2D eigenvalue weighted by molar-refractivity contribution is 0.406. The van der Waals surface area contributed by atoms with Crippen LogP contribution in [0.5, 0.6) is 5.75 Å². The predicted octanol–water partition coefficient (Wildman–Crippen LogP) is 4.57. The third kappa shape index (κ3) is 3.96. The van der Waals surface area contributed by atoms with Crippen LogP contribution in [0.2, 0.25) is 0 Å². The van der Waals surface area contributed by atoms with Gasteiger partial charge in [0, 0.05) is 14.1 Å². The molecule has 0 aliphatic rings. The molecule has 0 saturated carbocycles. The number of likely N-dealkylation sites (N-methyl/N-ethyl adjacent to an activating group) is 1. The van der Waals surface area contributed by atoms with Gasteiger partial charge < -0.3 is 10.1 Å². The number of rotatable bonds is 5. The number of halogens is 2. The van der Waals surface area contributed by atoms with Crippen LogP contribution in [-0.4, -0.2) is 14.2 Å². The third-order valence-corrected chi connectivity index (χ3v) is 4.50. The van der Waals surface area contributed by atoms with E-state index in [2.05, 4.69) is 74.2 Å². The van der Waals surface area contributed by atoms with Crippen molar-refractivity contribution in [3.63, 3.8) is 0 Å². The van der Waals surface area contributed by atoms with Crippen molar-refractivity contribution in [3.8, 4) is 5.75 Å². The molecule has 0 bridgehead atoms. The molecule has 0 radical (unpaired) electrons. The van der Waals surface area contributed by atoms with Gasteiger partial charge in [-0.1, -0.05) is 28.1 Å². The van der Waals surface area contributed by atoms with Crippen molar-refractivity contribution in [1.82, 2.24) is 5.32 Å². The number of hydrogen-bond acceptors (Lipinski definition) is 2. The molecule has 106 valence electrons. The number of ether oxygens (including phenoxy) is 1. The topological polar surface area (TPSA) is 21.3 Å². The number of benzene rings is 2. The lowest BCUT2D eigenvalue weighted by atomic mass is 9.98. The molecule has 0 aliphatic carbocycles. The summed E-state index contributed by atoms with van der Waals surface area (Å²) in [6.07, 6.45) is 0.889. The zero-order chi connectivity index (χ0) is 14.5. The molecule has 1 N–H and O–H groups in total. The van der Waals surface area contributed by atoms with Crippen molar-refractivity contribution < 1.29 is 4.74 Å². The fraction of sp³-hybridized carbons (Fsp3) is 0.250. The number of nitrogens with one attached hydrogen (secondary N) is 1. The summed E-state index contributed by atoms with van der Waals surface area (Å²) >= 11 is 5.85. The van der Waals surface area contributed by atoms with Gasteiger partial charge in [0.25, 0.3) is 0 Å². The van der Waals surface area contributed by atoms with Crippen LogP contribution in [0.25, 0.3) is 0 Å². The van der Waals surface area contributed by atoms with Gasteiger partial charge in [-0.2, -0.15) is 0 Å². The fourth-order valence-electron chi connectivity index (χ4n) is 2.21. The van der Waals surface area contributed by atoms with E-state index in [0.29, 0.717) is 0 Å². The highest BCUT2D eigenvalue weighted by Crippen LogP contribution is 2.28. The highest BCUT2D eigenvalue weighted by molar-refractivity contribution is 14.1. The lowest BCUT2D eigenvalue weighted by Crippen LogP contribution is -2.19. The van der Waals surface area contributed by atoms with Gasteiger partial charge in [0.1, 0.15) is 5.75 Å². The molecule has 2 nitrogen and oxygen atoms in total.